The molecule has 9 heteroatoms. The summed E-state index contributed by atoms with van der Waals surface area (Å²) in [5.74, 6) is -0.884. The standard InChI is InChI=1S/C22H23FN2O4S2/c1-14-5-9-20(17(4)11-14)24-30(26,27)18-8-7-16(3)21(13-18)25-31(28,29)22-10-6-15(2)12-19(22)23/h5-13,24-25H,1-4H3. The molecule has 0 spiro atoms. The van der Waals surface area contributed by atoms with E-state index in [1.54, 1.807) is 32.9 Å². The van der Waals surface area contributed by atoms with E-state index in [0.29, 0.717) is 16.8 Å². The second-order valence-corrected chi connectivity index (χ2v) is 10.8. The molecule has 0 unspecified atom stereocenters. The third kappa shape index (κ3) is 5.05. The Morgan fingerprint density at radius 2 is 1.26 bits per heavy atom. The van der Waals surface area contributed by atoms with Gasteiger partial charge in [0.05, 0.1) is 16.3 Å². The van der Waals surface area contributed by atoms with Crippen LogP contribution in [0.25, 0.3) is 0 Å². The van der Waals surface area contributed by atoms with Crippen LogP contribution in [0, 0.1) is 33.5 Å². The Labute approximate surface area is 182 Å². The molecule has 0 radical (unpaired) electrons. The summed E-state index contributed by atoms with van der Waals surface area (Å²) in [6, 6.07) is 13.2. The van der Waals surface area contributed by atoms with Crippen molar-refractivity contribution >= 4 is 31.4 Å². The van der Waals surface area contributed by atoms with Crippen LogP contribution < -0.4 is 9.44 Å². The first-order valence-corrected chi connectivity index (χ1v) is 12.4. The summed E-state index contributed by atoms with van der Waals surface area (Å²) in [5, 5.41) is 0. The lowest BCUT2D eigenvalue weighted by atomic mass is 10.1. The number of sulfonamides is 2. The number of rotatable bonds is 6. The van der Waals surface area contributed by atoms with Crippen LogP contribution in [0.3, 0.4) is 0 Å². The van der Waals surface area contributed by atoms with Gasteiger partial charge in [-0.15, -0.1) is 0 Å². The zero-order valence-electron chi connectivity index (χ0n) is 17.5. The molecule has 0 bridgehead atoms. The van der Waals surface area contributed by atoms with Gasteiger partial charge in [-0.05, 0) is 74.7 Å². The number of hydrogen-bond donors (Lipinski definition) is 2. The highest BCUT2D eigenvalue weighted by molar-refractivity contribution is 7.93. The van der Waals surface area contributed by atoms with Crippen molar-refractivity contribution in [2.45, 2.75) is 37.5 Å². The average Bonchev–Trinajstić information content (AvgIpc) is 2.65. The second-order valence-electron chi connectivity index (χ2n) is 7.44. The van der Waals surface area contributed by atoms with Gasteiger partial charge in [0.1, 0.15) is 10.7 Å². The summed E-state index contributed by atoms with van der Waals surface area (Å²) in [4.78, 5) is -0.640. The number of anilines is 2. The molecule has 2 N–H and O–H groups in total. The molecule has 0 aliphatic rings. The van der Waals surface area contributed by atoms with Crippen molar-refractivity contribution in [3.8, 4) is 0 Å². The van der Waals surface area contributed by atoms with E-state index in [1.165, 1.54) is 30.3 Å². The highest BCUT2D eigenvalue weighted by atomic mass is 32.2. The third-order valence-corrected chi connectivity index (χ3v) is 7.53. The smallest absolute Gasteiger partial charge is 0.264 e. The summed E-state index contributed by atoms with van der Waals surface area (Å²) in [6.45, 7) is 6.96. The Balaban J connectivity index is 1.96. The van der Waals surface area contributed by atoms with E-state index >= 15 is 0 Å². The molecule has 3 rings (SSSR count). The van der Waals surface area contributed by atoms with Gasteiger partial charge in [0, 0.05) is 0 Å². The molecular formula is C22H23FN2O4S2. The van der Waals surface area contributed by atoms with Crippen molar-refractivity contribution in [2.24, 2.45) is 0 Å². The molecule has 0 saturated carbocycles. The predicted molar refractivity (Wildman–Crippen MR) is 120 cm³/mol. The van der Waals surface area contributed by atoms with Crippen LogP contribution in [0.5, 0.6) is 0 Å². The van der Waals surface area contributed by atoms with Crippen LogP contribution >= 0.6 is 0 Å². The second kappa shape index (κ2) is 8.32. The lowest BCUT2D eigenvalue weighted by molar-refractivity contribution is 0.569. The van der Waals surface area contributed by atoms with Gasteiger partial charge in [0.25, 0.3) is 20.0 Å². The zero-order valence-corrected chi connectivity index (χ0v) is 19.2. The SMILES string of the molecule is Cc1ccc(NS(=O)(=O)c2ccc(C)c(NS(=O)(=O)c3ccc(C)cc3F)c2)c(C)c1. The van der Waals surface area contributed by atoms with E-state index < -0.39 is 30.8 Å². The molecule has 0 amide bonds. The molecule has 6 nitrogen and oxygen atoms in total. The van der Waals surface area contributed by atoms with Gasteiger partial charge in [0.15, 0.2) is 0 Å². The Hall–Kier alpha value is -2.91. The minimum Gasteiger partial charge on any atom is -0.279 e. The summed E-state index contributed by atoms with van der Waals surface area (Å²) < 4.78 is 70.2. The van der Waals surface area contributed by atoms with Gasteiger partial charge < -0.3 is 0 Å². The molecule has 0 heterocycles. The van der Waals surface area contributed by atoms with Gasteiger partial charge in [-0.1, -0.05) is 29.8 Å². The third-order valence-electron chi connectivity index (χ3n) is 4.77. The van der Waals surface area contributed by atoms with Crippen molar-refractivity contribution < 1.29 is 21.2 Å². The topological polar surface area (TPSA) is 92.3 Å². The molecule has 164 valence electrons. The van der Waals surface area contributed by atoms with Crippen molar-refractivity contribution in [3.05, 3.63) is 82.7 Å². The van der Waals surface area contributed by atoms with Crippen molar-refractivity contribution in [1.29, 1.82) is 0 Å². The number of aryl methyl sites for hydroxylation is 4. The van der Waals surface area contributed by atoms with Crippen molar-refractivity contribution in [3.63, 3.8) is 0 Å². The summed E-state index contributed by atoms with van der Waals surface area (Å²) in [5.41, 5.74) is 3.29. The van der Waals surface area contributed by atoms with Crippen LogP contribution in [-0.2, 0) is 20.0 Å². The van der Waals surface area contributed by atoms with Crippen LogP contribution in [0.1, 0.15) is 22.3 Å². The lowest BCUT2D eigenvalue weighted by Crippen LogP contribution is -2.17. The molecule has 0 aliphatic carbocycles. The van der Waals surface area contributed by atoms with E-state index in [2.05, 4.69) is 9.44 Å². The monoisotopic (exact) mass is 462 g/mol. The zero-order chi connectivity index (χ0) is 23.0. The summed E-state index contributed by atoms with van der Waals surface area (Å²) in [6.07, 6.45) is 0. The molecule has 0 aromatic heterocycles. The highest BCUT2D eigenvalue weighted by Crippen LogP contribution is 2.27. The number of halogens is 1. The fraction of sp³-hybridized carbons (Fsp3) is 0.182. The quantitative estimate of drug-likeness (QED) is 0.557. The molecule has 3 aromatic rings. The van der Waals surface area contributed by atoms with Gasteiger partial charge >= 0.3 is 0 Å². The Kier molecular flexibility index (Phi) is 6.11. The Morgan fingerprint density at radius 3 is 1.90 bits per heavy atom. The fourth-order valence-electron chi connectivity index (χ4n) is 3.03. The molecular weight excluding hydrogens is 439 g/mol. The summed E-state index contributed by atoms with van der Waals surface area (Å²) in [7, 11) is -8.24. The van der Waals surface area contributed by atoms with E-state index in [1.807, 2.05) is 13.0 Å². The van der Waals surface area contributed by atoms with E-state index in [9.17, 15) is 21.2 Å². The normalized spacial score (nSPS) is 11.9. The number of hydrogen-bond acceptors (Lipinski definition) is 4. The van der Waals surface area contributed by atoms with Crippen LogP contribution in [-0.4, -0.2) is 16.8 Å². The first-order chi connectivity index (χ1) is 14.4. The molecule has 0 aliphatic heterocycles. The Morgan fingerprint density at radius 1 is 0.645 bits per heavy atom. The first-order valence-electron chi connectivity index (χ1n) is 9.39. The van der Waals surface area contributed by atoms with Crippen LogP contribution in [0.4, 0.5) is 15.8 Å². The lowest BCUT2D eigenvalue weighted by Gasteiger charge is -2.15. The van der Waals surface area contributed by atoms with Gasteiger partial charge in [-0.3, -0.25) is 9.44 Å². The van der Waals surface area contributed by atoms with Crippen LogP contribution in [0.15, 0.2) is 64.4 Å². The summed E-state index contributed by atoms with van der Waals surface area (Å²) >= 11 is 0. The molecule has 3 aromatic carbocycles. The maximum absolute atomic E-state index is 14.2. The minimum atomic E-state index is -4.26. The maximum Gasteiger partial charge on any atom is 0.264 e. The molecule has 0 saturated heterocycles. The van der Waals surface area contributed by atoms with Gasteiger partial charge in [-0.25, -0.2) is 21.2 Å². The average molecular weight is 463 g/mol. The highest BCUT2D eigenvalue weighted by Gasteiger charge is 2.22. The van der Waals surface area contributed by atoms with Gasteiger partial charge in [-0.2, -0.15) is 0 Å². The molecule has 0 fully saturated rings. The predicted octanol–water partition coefficient (Wildman–Crippen LogP) is 4.66. The van der Waals surface area contributed by atoms with E-state index in [4.69, 9.17) is 0 Å². The van der Waals surface area contributed by atoms with Crippen molar-refractivity contribution in [1.82, 2.24) is 0 Å². The van der Waals surface area contributed by atoms with E-state index in [-0.39, 0.29) is 10.6 Å². The first kappa shape index (κ1) is 22.8. The fourth-order valence-corrected chi connectivity index (χ4v) is 5.37. The largest absolute Gasteiger partial charge is 0.279 e. The van der Waals surface area contributed by atoms with E-state index in [0.717, 1.165) is 17.2 Å². The van der Waals surface area contributed by atoms with Crippen molar-refractivity contribution in [2.75, 3.05) is 9.44 Å². The molecule has 0 atom stereocenters. The van der Waals surface area contributed by atoms with Crippen LogP contribution in [0.2, 0.25) is 0 Å². The van der Waals surface area contributed by atoms with Gasteiger partial charge in [0.2, 0.25) is 0 Å². The minimum absolute atomic E-state index is 0.0449. The number of nitrogens with one attached hydrogen (secondary N) is 2. The Bertz CT molecular complexity index is 1370. The maximum atomic E-state index is 14.2. The number of benzene rings is 3. The molecule has 31 heavy (non-hydrogen) atoms.